The van der Waals surface area contributed by atoms with Gasteiger partial charge in [-0.2, -0.15) is 0 Å². The van der Waals surface area contributed by atoms with Crippen molar-refractivity contribution in [2.24, 2.45) is 56.7 Å². The highest BCUT2D eigenvalue weighted by molar-refractivity contribution is 6.02. The number of hydrogen-bond donors (Lipinski definition) is 3. The van der Waals surface area contributed by atoms with E-state index in [4.69, 9.17) is 0 Å². The van der Waals surface area contributed by atoms with Crippen molar-refractivity contribution in [2.45, 2.75) is 99.3 Å². The molecule has 6 rings (SSSR count). The van der Waals surface area contributed by atoms with E-state index in [1.807, 2.05) is 0 Å². The number of rotatable bonds is 8. The van der Waals surface area contributed by atoms with Gasteiger partial charge in [-0.05, 0) is 153 Å². The van der Waals surface area contributed by atoms with Crippen LogP contribution in [-0.4, -0.2) is 60.1 Å². The predicted molar refractivity (Wildman–Crippen MR) is 194 cm³/mol. The van der Waals surface area contributed by atoms with Crippen LogP contribution >= 0.6 is 0 Å². The molecule has 0 spiro atoms. The van der Waals surface area contributed by atoms with E-state index in [9.17, 15) is 24.6 Å². The molecule has 0 aromatic heterocycles. The van der Waals surface area contributed by atoms with Crippen LogP contribution in [0.2, 0.25) is 0 Å². The number of hydrogen-bond acceptors (Lipinski definition) is 4. The van der Waals surface area contributed by atoms with Crippen LogP contribution in [0.25, 0.3) is 5.57 Å². The molecule has 5 aliphatic carbocycles. The van der Waals surface area contributed by atoms with Crippen molar-refractivity contribution >= 4 is 23.4 Å². The minimum atomic E-state index is -1.22. The maximum atomic E-state index is 14.2. The Hall–Kier alpha value is -2.93. The number of carboxylic acid groups (broad SMARTS) is 2. The number of carbonyl (C=O) groups excluding carboxylic acids is 1. The summed E-state index contributed by atoms with van der Waals surface area (Å²) < 4.78 is 0. The van der Waals surface area contributed by atoms with Crippen LogP contribution < -0.4 is 5.32 Å². The number of aromatic carboxylic acids is 2. The molecule has 5 aliphatic rings. The molecule has 4 fully saturated rings. The van der Waals surface area contributed by atoms with Gasteiger partial charge in [0.2, 0.25) is 5.91 Å². The van der Waals surface area contributed by atoms with Gasteiger partial charge >= 0.3 is 11.9 Å². The number of benzene rings is 1. The summed E-state index contributed by atoms with van der Waals surface area (Å²) in [4.78, 5) is 40.2. The van der Waals surface area contributed by atoms with E-state index < -0.39 is 11.9 Å². The molecule has 0 heterocycles. The van der Waals surface area contributed by atoms with Crippen molar-refractivity contribution in [3.8, 4) is 0 Å². The minimum Gasteiger partial charge on any atom is -0.478 e. The van der Waals surface area contributed by atoms with Gasteiger partial charge in [0.1, 0.15) is 0 Å². The molecule has 49 heavy (non-hydrogen) atoms. The third kappa shape index (κ3) is 5.18. The number of amides is 1. The van der Waals surface area contributed by atoms with Crippen LogP contribution in [-0.2, 0) is 4.79 Å². The lowest BCUT2D eigenvalue weighted by Crippen LogP contribution is -2.66. The Labute approximate surface area is 294 Å². The standard InChI is InChI=1S/C42H60N2O5/c1-25(2)27-14-19-42(37(49)43-22-23-44(8)9)21-20-40(6)31(34(27)42)12-13-33-39(5)17-15-30(38(3,4)32(39)16-18-41(33,40)7)26-10-11-28(35(45)46)29(24-26)36(47)48/h10-11,15,24,27,31-34H,1,12-14,16-23H2,2-9H3,(H,43,49)(H,45,46)(H,47,48). The smallest absolute Gasteiger partial charge is 0.336 e. The average Bonchev–Trinajstić information content (AvgIpc) is 3.42. The van der Waals surface area contributed by atoms with Crippen molar-refractivity contribution in [3.63, 3.8) is 0 Å². The molecule has 0 radical (unpaired) electrons. The molecule has 7 nitrogen and oxygen atoms in total. The summed E-state index contributed by atoms with van der Waals surface area (Å²) in [6.07, 6.45) is 11.9. The Morgan fingerprint density at radius 1 is 0.878 bits per heavy atom. The molecule has 1 aromatic carbocycles. The first-order chi connectivity index (χ1) is 22.8. The van der Waals surface area contributed by atoms with Gasteiger partial charge in [-0.25, -0.2) is 9.59 Å². The highest BCUT2D eigenvalue weighted by Crippen LogP contribution is 2.77. The Kier molecular flexibility index (Phi) is 8.86. The SMILES string of the molecule is C=C(C)C1CCC2(C(=O)NCCN(C)C)CCC3(C)C(CCC4C5(C)CC=C(c6ccc(C(=O)O)c(C(=O)O)c6)C(C)(C)C5CCC43C)C12. The van der Waals surface area contributed by atoms with Gasteiger partial charge in [0.25, 0.3) is 0 Å². The molecular formula is C42H60N2O5. The van der Waals surface area contributed by atoms with E-state index in [0.717, 1.165) is 75.5 Å². The molecule has 0 bridgehead atoms. The third-order valence-electron chi connectivity index (χ3n) is 15.7. The molecular weight excluding hydrogens is 612 g/mol. The molecule has 0 saturated heterocycles. The predicted octanol–water partition coefficient (Wildman–Crippen LogP) is 8.41. The van der Waals surface area contributed by atoms with Crippen LogP contribution in [0.3, 0.4) is 0 Å². The highest BCUT2D eigenvalue weighted by Gasteiger charge is 2.71. The monoisotopic (exact) mass is 672 g/mol. The lowest BCUT2D eigenvalue weighted by molar-refractivity contribution is -0.225. The average molecular weight is 673 g/mol. The van der Waals surface area contributed by atoms with E-state index in [2.05, 4.69) is 78.5 Å². The van der Waals surface area contributed by atoms with Crippen LogP contribution in [0.15, 0.2) is 36.4 Å². The zero-order valence-corrected chi connectivity index (χ0v) is 31.2. The number of nitrogens with one attached hydrogen (secondary N) is 1. The Bertz CT molecular complexity index is 1590. The van der Waals surface area contributed by atoms with Gasteiger partial charge in [-0.1, -0.05) is 58.9 Å². The van der Waals surface area contributed by atoms with Crippen LogP contribution in [0, 0.1) is 56.7 Å². The maximum absolute atomic E-state index is 14.2. The topological polar surface area (TPSA) is 107 Å². The number of nitrogens with zero attached hydrogens (tertiary/aromatic N) is 1. The molecule has 268 valence electrons. The van der Waals surface area contributed by atoms with E-state index >= 15 is 0 Å². The Morgan fingerprint density at radius 2 is 1.57 bits per heavy atom. The molecule has 4 saturated carbocycles. The van der Waals surface area contributed by atoms with Gasteiger partial charge in [0.15, 0.2) is 0 Å². The van der Waals surface area contributed by atoms with E-state index in [0.29, 0.717) is 36.1 Å². The van der Waals surface area contributed by atoms with E-state index in [1.54, 1.807) is 12.1 Å². The molecule has 7 heteroatoms. The Balaban J connectivity index is 1.34. The third-order valence-corrected chi connectivity index (χ3v) is 15.7. The van der Waals surface area contributed by atoms with Crippen LogP contribution in [0.1, 0.15) is 126 Å². The van der Waals surface area contributed by atoms with Crippen molar-refractivity contribution in [1.82, 2.24) is 10.2 Å². The lowest BCUT2D eigenvalue weighted by atomic mass is 9.32. The zero-order chi connectivity index (χ0) is 35.9. The summed E-state index contributed by atoms with van der Waals surface area (Å²) in [6, 6.07) is 4.83. The molecule has 9 atom stereocenters. The van der Waals surface area contributed by atoms with Crippen molar-refractivity contribution in [1.29, 1.82) is 0 Å². The summed E-state index contributed by atoms with van der Waals surface area (Å²) in [5.74, 6) is -0.00991. The first-order valence-corrected chi connectivity index (χ1v) is 18.8. The van der Waals surface area contributed by atoms with Crippen LogP contribution in [0.4, 0.5) is 0 Å². The van der Waals surface area contributed by atoms with E-state index in [1.165, 1.54) is 11.6 Å². The number of carbonyl (C=O) groups is 3. The van der Waals surface area contributed by atoms with Gasteiger partial charge in [-0.3, -0.25) is 4.79 Å². The molecule has 3 N–H and O–H groups in total. The van der Waals surface area contributed by atoms with Gasteiger partial charge < -0.3 is 20.4 Å². The first kappa shape index (κ1) is 35.9. The summed E-state index contributed by atoms with van der Waals surface area (Å²) in [5.41, 5.74) is 2.68. The molecule has 1 aromatic rings. The maximum Gasteiger partial charge on any atom is 0.336 e. The summed E-state index contributed by atoms with van der Waals surface area (Å²) in [5, 5.41) is 22.9. The summed E-state index contributed by atoms with van der Waals surface area (Å²) in [7, 11) is 4.11. The summed E-state index contributed by atoms with van der Waals surface area (Å²) in [6.45, 7) is 20.6. The number of carboxylic acids is 2. The van der Waals surface area contributed by atoms with Gasteiger partial charge in [0, 0.05) is 13.1 Å². The summed E-state index contributed by atoms with van der Waals surface area (Å²) >= 11 is 0. The molecule has 1 amide bonds. The lowest BCUT2D eigenvalue weighted by Gasteiger charge is -2.72. The highest BCUT2D eigenvalue weighted by atomic mass is 16.4. The zero-order valence-electron chi connectivity index (χ0n) is 31.2. The van der Waals surface area contributed by atoms with Crippen molar-refractivity contribution in [2.75, 3.05) is 27.2 Å². The van der Waals surface area contributed by atoms with E-state index in [-0.39, 0.29) is 44.1 Å². The second-order valence-corrected chi connectivity index (χ2v) is 18.3. The van der Waals surface area contributed by atoms with Crippen molar-refractivity contribution < 1.29 is 24.6 Å². The molecule has 9 unspecified atom stereocenters. The second-order valence-electron chi connectivity index (χ2n) is 18.3. The Morgan fingerprint density at radius 3 is 2.20 bits per heavy atom. The second kappa shape index (κ2) is 12.1. The normalized spacial score (nSPS) is 39.1. The first-order valence-electron chi connectivity index (χ1n) is 18.8. The van der Waals surface area contributed by atoms with Gasteiger partial charge in [0.05, 0.1) is 16.5 Å². The largest absolute Gasteiger partial charge is 0.478 e. The number of fused-ring (bicyclic) bond motifs is 7. The number of allylic oxidation sites excluding steroid dienone is 3. The number of likely N-dealkylation sites (N-methyl/N-ethyl adjacent to an activating group) is 1. The minimum absolute atomic E-state index is 0.0755. The quantitative estimate of drug-likeness (QED) is 0.240. The molecule has 0 aliphatic heterocycles. The fraction of sp³-hybridized carbons (Fsp3) is 0.690. The fourth-order valence-corrected chi connectivity index (χ4v) is 13.3. The van der Waals surface area contributed by atoms with Crippen molar-refractivity contribution in [3.05, 3.63) is 53.1 Å². The van der Waals surface area contributed by atoms with Crippen LogP contribution in [0.5, 0.6) is 0 Å². The van der Waals surface area contributed by atoms with Gasteiger partial charge in [-0.15, -0.1) is 0 Å². The fourth-order valence-electron chi connectivity index (χ4n) is 13.3.